The molecule has 0 bridgehead atoms. The maximum Gasteiger partial charge on any atom is 0.355 e. The van der Waals surface area contributed by atoms with Gasteiger partial charge in [-0.15, -0.1) is 0 Å². The van der Waals surface area contributed by atoms with E-state index >= 15 is 0 Å². The summed E-state index contributed by atoms with van der Waals surface area (Å²) in [6.07, 6.45) is 0. The molecule has 0 saturated carbocycles. The summed E-state index contributed by atoms with van der Waals surface area (Å²) < 4.78 is 7.01. The van der Waals surface area contributed by atoms with Crippen molar-refractivity contribution in [2.75, 3.05) is 6.61 Å². The van der Waals surface area contributed by atoms with Gasteiger partial charge in [-0.05, 0) is 25.1 Å². The Kier molecular flexibility index (Phi) is 3.80. The lowest BCUT2D eigenvalue weighted by Gasteiger charge is -2.07. The number of para-hydroxylation sites is 2. The number of carbonyl (C=O) groups excluding carboxylic acids is 1. The monoisotopic (exact) mass is 347 g/mol. The van der Waals surface area contributed by atoms with Crippen molar-refractivity contribution in [2.45, 2.75) is 6.92 Å². The maximum absolute atomic E-state index is 12.6. The molecule has 0 saturated heterocycles. The van der Waals surface area contributed by atoms with Crippen LogP contribution in [0.5, 0.6) is 0 Å². The predicted molar refractivity (Wildman–Crippen MR) is 100 cm³/mol. The Hall–Kier alpha value is -3.41. The number of hydrogen-bond donors (Lipinski definition) is 1. The van der Waals surface area contributed by atoms with Crippen LogP contribution in [0.25, 0.3) is 33.2 Å². The van der Waals surface area contributed by atoms with Crippen molar-refractivity contribution in [3.63, 3.8) is 0 Å². The molecule has 2 aromatic carbocycles. The first-order valence-electron chi connectivity index (χ1n) is 8.35. The smallest absolute Gasteiger partial charge is 0.355 e. The van der Waals surface area contributed by atoms with Gasteiger partial charge in [0.25, 0.3) is 5.56 Å². The second-order valence-corrected chi connectivity index (χ2v) is 5.95. The minimum Gasteiger partial charge on any atom is -0.461 e. The molecule has 4 rings (SSSR count). The van der Waals surface area contributed by atoms with E-state index in [2.05, 4.69) is 9.97 Å². The number of nitrogens with one attached hydrogen (secondary N) is 1. The number of hydrogen-bond acceptors (Lipinski definition) is 4. The number of benzene rings is 2. The molecule has 0 aliphatic rings. The first kappa shape index (κ1) is 16.1. The highest BCUT2D eigenvalue weighted by atomic mass is 16.5. The number of nitrogens with zero attached hydrogens (tertiary/aromatic N) is 2. The van der Waals surface area contributed by atoms with Crippen LogP contribution in [0.1, 0.15) is 17.4 Å². The van der Waals surface area contributed by atoms with Gasteiger partial charge in [0, 0.05) is 18.0 Å². The zero-order chi connectivity index (χ0) is 18.3. The van der Waals surface area contributed by atoms with E-state index in [1.807, 2.05) is 30.3 Å². The van der Waals surface area contributed by atoms with Crippen molar-refractivity contribution < 1.29 is 9.53 Å². The fourth-order valence-electron chi connectivity index (χ4n) is 3.28. The van der Waals surface area contributed by atoms with Crippen molar-refractivity contribution in [1.29, 1.82) is 0 Å². The summed E-state index contributed by atoms with van der Waals surface area (Å²) in [7, 11) is 1.80. The van der Waals surface area contributed by atoms with E-state index in [1.54, 1.807) is 36.7 Å². The third kappa shape index (κ3) is 2.38. The largest absolute Gasteiger partial charge is 0.461 e. The maximum atomic E-state index is 12.6. The summed E-state index contributed by atoms with van der Waals surface area (Å²) in [6.45, 7) is 2.03. The van der Waals surface area contributed by atoms with Gasteiger partial charge < -0.3 is 14.3 Å². The molecule has 0 aliphatic heterocycles. The number of carbonyl (C=O) groups is 1. The van der Waals surface area contributed by atoms with Crippen molar-refractivity contribution in [2.24, 2.45) is 7.05 Å². The topological polar surface area (TPSA) is 77.0 Å². The molecule has 1 N–H and O–H groups in total. The number of aromatic nitrogens is 3. The number of aromatic amines is 1. The van der Waals surface area contributed by atoms with Crippen LogP contribution in [0.2, 0.25) is 0 Å². The Balaban J connectivity index is 2.09. The molecule has 0 amide bonds. The normalized spacial score (nSPS) is 11.2. The lowest BCUT2D eigenvalue weighted by Crippen LogP contribution is -2.14. The van der Waals surface area contributed by atoms with Gasteiger partial charge in [-0.2, -0.15) is 0 Å². The molecule has 2 aromatic heterocycles. The zero-order valence-electron chi connectivity index (χ0n) is 14.4. The van der Waals surface area contributed by atoms with Crippen LogP contribution < -0.4 is 5.56 Å². The average Bonchev–Trinajstić information content (AvgIpc) is 2.95. The van der Waals surface area contributed by atoms with Crippen LogP contribution >= 0.6 is 0 Å². The first-order valence-corrected chi connectivity index (χ1v) is 8.35. The van der Waals surface area contributed by atoms with Crippen molar-refractivity contribution in [1.82, 2.24) is 14.5 Å². The number of rotatable bonds is 3. The number of esters is 1. The molecule has 130 valence electrons. The number of aryl methyl sites for hydroxylation is 1. The van der Waals surface area contributed by atoms with Gasteiger partial charge in [0.05, 0.1) is 23.1 Å². The molecule has 0 spiro atoms. The second-order valence-electron chi connectivity index (χ2n) is 5.95. The van der Waals surface area contributed by atoms with E-state index in [0.717, 1.165) is 10.9 Å². The lowest BCUT2D eigenvalue weighted by molar-refractivity contribution is 0.0516. The Bertz CT molecular complexity index is 1200. The first-order chi connectivity index (χ1) is 12.6. The minimum absolute atomic E-state index is 0.242. The fraction of sp³-hybridized carbons (Fsp3) is 0.150. The van der Waals surface area contributed by atoms with Crippen LogP contribution in [-0.2, 0) is 11.8 Å². The van der Waals surface area contributed by atoms with Gasteiger partial charge >= 0.3 is 5.97 Å². The Morgan fingerprint density at radius 1 is 1.12 bits per heavy atom. The quantitative estimate of drug-likeness (QED) is 0.577. The summed E-state index contributed by atoms with van der Waals surface area (Å²) in [5.74, 6) is -0.0921. The predicted octanol–water partition coefficient (Wildman–Crippen LogP) is 3.26. The summed E-state index contributed by atoms with van der Waals surface area (Å²) >= 11 is 0. The van der Waals surface area contributed by atoms with Crippen molar-refractivity contribution in [3.8, 4) is 11.4 Å². The van der Waals surface area contributed by atoms with Crippen LogP contribution in [0.4, 0.5) is 0 Å². The third-order valence-corrected chi connectivity index (χ3v) is 4.43. The zero-order valence-corrected chi connectivity index (χ0v) is 14.4. The molecule has 0 radical (unpaired) electrons. The average molecular weight is 347 g/mol. The van der Waals surface area contributed by atoms with Gasteiger partial charge in [0.2, 0.25) is 0 Å². The Morgan fingerprint density at radius 2 is 1.81 bits per heavy atom. The SMILES string of the molecule is CCOC(=O)c1c(-c2nc3ccccc3c(=O)[nH]2)c2ccccc2n1C. The lowest BCUT2D eigenvalue weighted by atomic mass is 10.1. The molecule has 0 fully saturated rings. The highest BCUT2D eigenvalue weighted by Crippen LogP contribution is 2.33. The molecule has 0 unspecified atom stereocenters. The highest BCUT2D eigenvalue weighted by molar-refractivity contribution is 6.07. The minimum atomic E-state index is -0.447. The summed E-state index contributed by atoms with van der Waals surface area (Å²) in [5, 5.41) is 1.34. The van der Waals surface area contributed by atoms with Crippen LogP contribution in [0.3, 0.4) is 0 Å². The van der Waals surface area contributed by atoms with E-state index in [-0.39, 0.29) is 12.2 Å². The molecular formula is C20H17N3O3. The molecule has 6 nitrogen and oxygen atoms in total. The van der Waals surface area contributed by atoms with E-state index in [4.69, 9.17) is 4.74 Å². The van der Waals surface area contributed by atoms with Gasteiger partial charge in [-0.25, -0.2) is 9.78 Å². The molecule has 26 heavy (non-hydrogen) atoms. The summed E-state index contributed by atoms with van der Waals surface area (Å²) in [5.41, 5.74) is 2.14. The van der Waals surface area contributed by atoms with E-state index in [1.165, 1.54) is 0 Å². The third-order valence-electron chi connectivity index (χ3n) is 4.43. The molecule has 4 aromatic rings. The summed E-state index contributed by atoms with van der Waals surface area (Å²) in [4.78, 5) is 32.5. The van der Waals surface area contributed by atoms with Gasteiger partial charge in [0.15, 0.2) is 0 Å². The van der Waals surface area contributed by atoms with E-state index < -0.39 is 5.97 Å². The second kappa shape index (κ2) is 6.15. The number of ether oxygens (including phenoxy) is 1. The van der Waals surface area contributed by atoms with Gasteiger partial charge in [0.1, 0.15) is 11.5 Å². The fourth-order valence-corrected chi connectivity index (χ4v) is 3.28. The van der Waals surface area contributed by atoms with Crippen molar-refractivity contribution >= 4 is 27.8 Å². The highest BCUT2D eigenvalue weighted by Gasteiger charge is 2.25. The molecule has 6 heteroatoms. The van der Waals surface area contributed by atoms with Gasteiger partial charge in [-0.3, -0.25) is 4.79 Å². The Labute approximate surface area is 149 Å². The van der Waals surface area contributed by atoms with Crippen molar-refractivity contribution in [3.05, 3.63) is 64.6 Å². The van der Waals surface area contributed by atoms with Crippen LogP contribution in [0, 0.1) is 0 Å². The standard InChI is InChI=1S/C20H17N3O3/c1-3-26-20(25)17-16(13-9-5-7-11-15(13)23(17)2)18-21-14-10-6-4-8-12(14)19(24)22-18/h4-11H,3H2,1-2H3,(H,21,22,24). The molecule has 2 heterocycles. The van der Waals surface area contributed by atoms with Crippen LogP contribution in [-0.4, -0.2) is 27.1 Å². The number of H-pyrrole nitrogens is 1. The molecule has 0 aliphatic carbocycles. The van der Waals surface area contributed by atoms with Gasteiger partial charge in [-0.1, -0.05) is 30.3 Å². The van der Waals surface area contributed by atoms with E-state index in [0.29, 0.717) is 28.0 Å². The Morgan fingerprint density at radius 3 is 2.58 bits per heavy atom. The molecular weight excluding hydrogens is 330 g/mol. The van der Waals surface area contributed by atoms with E-state index in [9.17, 15) is 9.59 Å². The van der Waals surface area contributed by atoms with Crippen LogP contribution in [0.15, 0.2) is 53.3 Å². The number of fused-ring (bicyclic) bond motifs is 2. The molecule has 0 atom stereocenters. The summed E-state index contributed by atoms with van der Waals surface area (Å²) in [6, 6.07) is 14.7.